The Bertz CT molecular complexity index is 394. The van der Waals surface area contributed by atoms with Gasteiger partial charge in [0.15, 0.2) is 0 Å². The quantitative estimate of drug-likeness (QED) is 0.793. The first kappa shape index (κ1) is 14.9. The Balaban J connectivity index is 2.94. The van der Waals surface area contributed by atoms with Gasteiger partial charge in [0.05, 0.1) is 6.61 Å². The van der Waals surface area contributed by atoms with Crippen molar-refractivity contribution in [2.75, 3.05) is 31.7 Å². The summed E-state index contributed by atoms with van der Waals surface area (Å²) in [5.41, 5.74) is 8.34. The van der Waals surface area contributed by atoms with Gasteiger partial charge in [-0.05, 0) is 44.0 Å². The summed E-state index contributed by atoms with van der Waals surface area (Å²) in [7, 11) is 1.97. The molecule has 0 fully saturated rings. The van der Waals surface area contributed by atoms with Crippen molar-refractivity contribution in [3.05, 3.63) is 29.1 Å². The van der Waals surface area contributed by atoms with Crippen molar-refractivity contribution in [3.63, 3.8) is 0 Å². The van der Waals surface area contributed by atoms with Crippen LogP contribution in [0.15, 0.2) is 12.1 Å². The summed E-state index contributed by atoms with van der Waals surface area (Å²) in [5.74, 6) is -0.204. The van der Waals surface area contributed by atoms with Gasteiger partial charge in [-0.1, -0.05) is 0 Å². The van der Waals surface area contributed by atoms with Crippen molar-refractivity contribution in [1.29, 1.82) is 0 Å². The predicted molar refractivity (Wildman–Crippen MR) is 73.5 cm³/mol. The molecule has 0 radical (unpaired) electrons. The lowest BCUT2D eigenvalue weighted by Gasteiger charge is -2.24. The lowest BCUT2D eigenvalue weighted by Crippen LogP contribution is -2.25. The van der Waals surface area contributed by atoms with Gasteiger partial charge in [-0.3, -0.25) is 0 Å². The third kappa shape index (κ3) is 3.68. The number of nitrogens with zero attached hydrogens (tertiary/aromatic N) is 1. The third-order valence-electron chi connectivity index (χ3n) is 2.98. The second-order valence-electron chi connectivity index (χ2n) is 4.57. The van der Waals surface area contributed by atoms with E-state index in [1.54, 1.807) is 6.92 Å². The molecular formula is C14H23FN2O. The minimum Gasteiger partial charge on any atom is -0.380 e. The number of likely N-dealkylation sites (N-methyl/N-ethyl adjacent to an activating group) is 1. The fourth-order valence-electron chi connectivity index (χ4n) is 1.84. The second kappa shape index (κ2) is 6.71. The molecule has 18 heavy (non-hydrogen) atoms. The highest BCUT2D eigenvalue weighted by Crippen LogP contribution is 2.27. The standard InChI is InChI=1S/C14H23FN2O/c1-5-18-7-6-17(4)14-8-10(2)13(15)9-12(14)11(3)16/h8-9,11H,5-7,16H2,1-4H3. The molecule has 0 aliphatic carbocycles. The molecule has 3 nitrogen and oxygen atoms in total. The van der Waals surface area contributed by atoms with Crippen LogP contribution < -0.4 is 10.6 Å². The molecule has 1 aromatic rings. The summed E-state index contributed by atoms with van der Waals surface area (Å²) < 4.78 is 18.9. The number of halogens is 1. The first-order valence-corrected chi connectivity index (χ1v) is 6.31. The van der Waals surface area contributed by atoms with Gasteiger partial charge in [0.2, 0.25) is 0 Å². The van der Waals surface area contributed by atoms with Crippen LogP contribution in [0.25, 0.3) is 0 Å². The van der Waals surface area contributed by atoms with Crippen LogP contribution in [-0.2, 0) is 4.74 Å². The Morgan fingerprint density at radius 3 is 2.67 bits per heavy atom. The number of hydrogen-bond acceptors (Lipinski definition) is 3. The van der Waals surface area contributed by atoms with Crippen molar-refractivity contribution in [1.82, 2.24) is 0 Å². The summed E-state index contributed by atoms with van der Waals surface area (Å²) in [6, 6.07) is 3.19. The fourth-order valence-corrected chi connectivity index (χ4v) is 1.84. The maximum atomic E-state index is 13.6. The Kier molecular flexibility index (Phi) is 5.56. The topological polar surface area (TPSA) is 38.5 Å². The normalized spacial score (nSPS) is 12.6. The molecule has 0 saturated carbocycles. The van der Waals surface area contributed by atoms with E-state index in [0.29, 0.717) is 18.8 Å². The Morgan fingerprint density at radius 1 is 1.44 bits per heavy atom. The van der Waals surface area contributed by atoms with E-state index in [9.17, 15) is 4.39 Å². The molecule has 0 aliphatic rings. The van der Waals surface area contributed by atoms with Crippen LogP contribution in [0.3, 0.4) is 0 Å². The summed E-state index contributed by atoms with van der Waals surface area (Å²) in [6.45, 7) is 7.72. The zero-order chi connectivity index (χ0) is 13.7. The highest BCUT2D eigenvalue weighted by Gasteiger charge is 2.13. The molecule has 2 N–H and O–H groups in total. The van der Waals surface area contributed by atoms with Crippen molar-refractivity contribution >= 4 is 5.69 Å². The van der Waals surface area contributed by atoms with Crippen LogP contribution in [0.5, 0.6) is 0 Å². The zero-order valence-corrected chi connectivity index (χ0v) is 11.7. The number of benzene rings is 1. The fraction of sp³-hybridized carbons (Fsp3) is 0.571. The number of rotatable bonds is 6. The number of ether oxygens (including phenoxy) is 1. The molecule has 1 unspecified atom stereocenters. The zero-order valence-electron chi connectivity index (χ0n) is 11.7. The van der Waals surface area contributed by atoms with Crippen LogP contribution in [0.2, 0.25) is 0 Å². The predicted octanol–water partition coefficient (Wildman–Crippen LogP) is 2.63. The lowest BCUT2D eigenvalue weighted by atomic mass is 10.0. The third-order valence-corrected chi connectivity index (χ3v) is 2.98. The Hall–Kier alpha value is -1.13. The Labute approximate surface area is 109 Å². The van der Waals surface area contributed by atoms with Gasteiger partial charge in [-0.25, -0.2) is 4.39 Å². The van der Waals surface area contributed by atoms with E-state index in [1.807, 2.05) is 27.0 Å². The van der Waals surface area contributed by atoms with Crippen LogP contribution in [0.4, 0.5) is 10.1 Å². The molecule has 4 heteroatoms. The smallest absolute Gasteiger partial charge is 0.126 e. The van der Waals surface area contributed by atoms with E-state index in [-0.39, 0.29) is 11.9 Å². The van der Waals surface area contributed by atoms with Gasteiger partial charge in [0, 0.05) is 31.9 Å². The number of anilines is 1. The molecule has 1 rings (SSSR count). The molecule has 0 saturated heterocycles. The van der Waals surface area contributed by atoms with Crippen LogP contribution in [0.1, 0.15) is 31.0 Å². The van der Waals surface area contributed by atoms with Crippen molar-refractivity contribution in [2.45, 2.75) is 26.8 Å². The number of hydrogen-bond donors (Lipinski definition) is 1. The van der Waals surface area contributed by atoms with E-state index in [4.69, 9.17) is 10.5 Å². The first-order chi connectivity index (χ1) is 8.47. The molecule has 0 bridgehead atoms. The van der Waals surface area contributed by atoms with Crippen molar-refractivity contribution in [2.24, 2.45) is 5.73 Å². The average molecular weight is 254 g/mol. The molecule has 1 atom stereocenters. The van der Waals surface area contributed by atoms with E-state index >= 15 is 0 Å². The molecule has 0 heterocycles. The SMILES string of the molecule is CCOCCN(C)c1cc(C)c(F)cc1C(C)N. The van der Waals surface area contributed by atoms with Gasteiger partial charge in [0.1, 0.15) is 5.82 Å². The van der Waals surface area contributed by atoms with E-state index < -0.39 is 0 Å². The van der Waals surface area contributed by atoms with E-state index in [2.05, 4.69) is 4.90 Å². The van der Waals surface area contributed by atoms with Crippen LogP contribution >= 0.6 is 0 Å². The monoisotopic (exact) mass is 254 g/mol. The minimum absolute atomic E-state index is 0.190. The largest absolute Gasteiger partial charge is 0.380 e. The molecular weight excluding hydrogens is 231 g/mol. The Morgan fingerprint density at radius 2 is 2.11 bits per heavy atom. The molecule has 0 amide bonds. The number of aryl methyl sites for hydroxylation is 1. The first-order valence-electron chi connectivity index (χ1n) is 6.31. The van der Waals surface area contributed by atoms with E-state index in [1.165, 1.54) is 6.07 Å². The number of nitrogens with two attached hydrogens (primary N) is 1. The molecule has 0 spiro atoms. The summed E-state index contributed by atoms with van der Waals surface area (Å²) in [6.07, 6.45) is 0. The van der Waals surface area contributed by atoms with Crippen LogP contribution in [0, 0.1) is 12.7 Å². The highest BCUT2D eigenvalue weighted by molar-refractivity contribution is 5.56. The van der Waals surface area contributed by atoms with Gasteiger partial charge in [-0.2, -0.15) is 0 Å². The molecule has 1 aromatic carbocycles. The molecule has 102 valence electrons. The van der Waals surface area contributed by atoms with Crippen LogP contribution in [-0.4, -0.2) is 26.8 Å². The molecule has 0 aromatic heterocycles. The van der Waals surface area contributed by atoms with E-state index in [0.717, 1.165) is 17.8 Å². The lowest BCUT2D eigenvalue weighted by molar-refractivity contribution is 0.154. The second-order valence-corrected chi connectivity index (χ2v) is 4.57. The van der Waals surface area contributed by atoms with Gasteiger partial charge >= 0.3 is 0 Å². The summed E-state index contributed by atoms with van der Waals surface area (Å²) in [4.78, 5) is 2.06. The maximum absolute atomic E-state index is 13.6. The highest BCUT2D eigenvalue weighted by atomic mass is 19.1. The van der Waals surface area contributed by atoms with Gasteiger partial charge < -0.3 is 15.4 Å². The van der Waals surface area contributed by atoms with Gasteiger partial charge in [0.25, 0.3) is 0 Å². The van der Waals surface area contributed by atoms with Crippen molar-refractivity contribution in [3.8, 4) is 0 Å². The summed E-state index contributed by atoms with van der Waals surface area (Å²) >= 11 is 0. The van der Waals surface area contributed by atoms with Crippen molar-refractivity contribution < 1.29 is 9.13 Å². The summed E-state index contributed by atoms with van der Waals surface area (Å²) in [5, 5.41) is 0. The average Bonchev–Trinajstić information content (AvgIpc) is 2.32. The maximum Gasteiger partial charge on any atom is 0.126 e. The van der Waals surface area contributed by atoms with Gasteiger partial charge in [-0.15, -0.1) is 0 Å². The minimum atomic E-state index is -0.204. The molecule has 0 aliphatic heterocycles.